The van der Waals surface area contributed by atoms with Crippen LogP contribution in [0.2, 0.25) is 5.15 Å². The molecule has 0 radical (unpaired) electrons. The smallest absolute Gasteiger partial charge is 0.423 e. The summed E-state index contributed by atoms with van der Waals surface area (Å²) < 4.78 is 0. The number of hydrogen-bond acceptors (Lipinski definition) is 12. The first-order valence-corrected chi connectivity index (χ1v) is 22.1. The average Bonchev–Trinajstić information content (AvgIpc) is 3.37. The zero-order valence-electron chi connectivity index (χ0n) is 36.5. The first-order chi connectivity index (χ1) is 32.2. The van der Waals surface area contributed by atoms with Crippen molar-refractivity contribution in [2.75, 3.05) is 49.1 Å². The van der Waals surface area contributed by atoms with Crippen LogP contribution in [0.25, 0.3) is 33.1 Å². The second-order valence-corrected chi connectivity index (χ2v) is 16.3. The molecule has 14 nitrogen and oxygen atoms in total. The van der Waals surface area contributed by atoms with Crippen molar-refractivity contribution in [1.82, 2.24) is 40.2 Å². The monoisotopic (exact) mass is 898 g/mol. The molecule has 6 heterocycles. The molecule has 4 aromatic carbocycles. The molecule has 0 saturated carbocycles. The lowest BCUT2D eigenvalue weighted by Gasteiger charge is -2.40. The number of hydrogen-bond donors (Lipinski definition) is 2. The summed E-state index contributed by atoms with van der Waals surface area (Å²) in [5, 5.41) is 36.8. The summed E-state index contributed by atoms with van der Waals surface area (Å²) in [7, 11) is -1.34. The lowest BCUT2D eigenvalue weighted by molar-refractivity contribution is 0.0719. The minimum Gasteiger partial charge on any atom is -0.423 e. The molecule has 0 unspecified atom stereocenters. The quantitative estimate of drug-likeness (QED) is 0.176. The minimum absolute atomic E-state index is 0.0609. The highest BCUT2D eigenvalue weighted by atomic mass is 35.5. The van der Waals surface area contributed by atoms with E-state index in [0.29, 0.717) is 61.0 Å². The molecule has 0 aliphatic carbocycles. The lowest BCUT2D eigenvalue weighted by atomic mass is 9.81. The summed E-state index contributed by atoms with van der Waals surface area (Å²) in [6, 6.07) is 45.5. The van der Waals surface area contributed by atoms with E-state index in [4.69, 9.17) is 21.6 Å². The fraction of sp³-hybridized carbons (Fsp3) is 0.200. The van der Waals surface area contributed by atoms with Crippen LogP contribution >= 0.6 is 11.6 Å². The number of aromatic nitrogens is 6. The van der Waals surface area contributed by atoms with E-state index in [1.54, 1.807) is 36.7 Å². The molecule has 2 aliphatic heterocycles. The molecular weight excluding hydrogens is 851 g/mol. The van der Waals surface area contributed by atoms with Crippen LogP contribution in [-0.2, 0) is 0 Å². The number of halogens is 1. The van der Waals surface area contributed by atoms with E-state index in [1.165, 1.54) is 0 Å². The Balaban J connectivity index is 0.000000153. The summed E-state index contributed by atoms with van der Waals surface area (Å²) in [5.41, 5.74) is 5.24. The SMILES string of the molecule is C[C@@H]1CN(C(=O)c2ccccc2)CCN1c1nnc(-c2ccccc2)c2ncccc12.C[C@@H]1CN(C(=O)c2ccccc2)CCN1c1nnc(Cl)c2ncccc12.OB(O)c1ccccc1. The fourth-order valence-corrected chi connectivity index (χ4v) is 8.38. The molecule has 8 aromatic rings. The van der Waals surface area contributed by atoms with Crippen LogP contribution in [-0.4, -0.2) is 120 Å². The number of rotatable bonds is 6. The standard InChI is InChI=1S/C25H23N5O.C19H18ClN5O.C6H7BO2/c1-18-17-29(25(31)20-11-6-3-7-12-20)15-16-30(18)24-21-13-8-14-26-23(21)22(27-28-24)19-9-4-2-5-10-19;1-13-12-24(19(26)14-6-3-2-4-7-14)10-11-25(13)18-15-8-5-9-21-16(15)17(20)22-23-18;8-7(9)6-4-2-1-3-5-6/h2-14,18H,15-17H2,1H3;2-9,13H,10-12H2,1H3;1-5,8-9H/t18-;13-;/m11./s1. The van der Waals surface area contributed by atoms with Crippen LogP contribution in [0.5, 0.6) is 0 Å². The van der Waals surface area contributed by atoms with Crippen LogP contribution in [0, 0.1) is 0 Å². The highest BCUT2D eigenvalue weighted by Gasteiger charge is 2.31. The van der Waals surface area contributed by atoms with E-state index in [1.807, 2.05) is 131 Å². The van der Waals surface area contributed by atoms with Gasteiger partial charge in [0.1, 0.15) is 16.7 Å². The molecule has 2 fully saturated rings. The molecule has 2 N–H and O–H groups in total. The maximum atomic E-state index is 12.9. The van der Waals surface area contributed by atoms with E-state index >= 15 is 0 Å². The third-order valence-corrected chi connectivity index (χ3v) is 11.8. The molecule has 16 heteroatoms. The van der Waals surface area contributed by atoms with E-state index in [0.717, 1.165) is 44.7 Å². The van der Waals surface area contributed by atoms with Gasteiger partial charge in [0.05, 0.1) is 0 Å². The molecule has 0 spiro atoms. The van der Waals surface area contributed by atoms with Crippen molar-refractivity contribution in [1.29, 1.82) is 0 Å². The molecular formula is C50H48BClN10O4. The normalized spacial score (nSPS) is 15.9. The largest absolute Gasteiger partial charge is 0.488 e. The minimum atomic E-state index is -1.34. The second kappa shape index (κ2) is 21.1. The predicted octanol–water partition coefficient (Wildman–Crippen LogP) is 6.44. The van der Waals surface area contributed by atoms with E-state index in [9.17, 15) is 9.59 Å². The number of carbonyl (C=O) groups is 2. The summed E-state index contributed by atoms with van der Waals surface area (Å²) in [5.74, 6) is 1.72. The number of nitrogens with zero attached hydrogens (tertiary/aromatic N) is 10. The first-order valence-electron chi connectivity index (χ1n) is 21.7. The van der Waals surface area contributed by atoms with Crippen molar-refractivity contribution < 1.29 is 19.6 Å². The number of amides is 2. The Morgan fingerprint density at radius 1 is 0.545 bits per heavy atom. The van der Waals surface area contributed by atoms with Crippen molar-refractivity contribution in [2.45, 2.75) is 25.9 Å². The van der Waals surface area contributed by atoms with E-state index in [-0.39, 0.29) is 23.9 Å². The third kappa shape index (κ3) is 10.3. The van der Waals surface area contributed by atoms with Crippen molar-refractivity contribution in [3.8, 4) is 11.3 Å². The Kier molecular flexibility index (Phi) is 14.5. The van der Waals surface area contributed by atoms with Crippen molar-refractivity contribution in [3.63, 3.8) is 0 Å². The Bertz CT molecular complexity index is 2890. The Morgan fingerprint density at radius 2 is 0.985 bits per heavy atom. The van der Waals surface area contributed by atoms with Gasteiger partial charge >= 0.3 is 7.12 Å². The zero-order chi connectivity index (χ0) is 46.0. The topological polar surface area (TPSA) is 165 Å². The Hall–Kier alpha value is -7.33. The second-order valence-electron chi connectivity index (χ2n) is 16.0. The maximum absolute atomic E-state index is 12.9. The van der Waals surface area contributed by atoms with Gasteiger partial charge in [-0.15, -0.1) is 20.4 Å². The van der Waals surface area contributed by atoms with Crippen LogP contribution in [0.4, 0.5) is 11.6 Å². The van der Waals surface area contributed by atoms with Gasteiger partial charge in [0, 0.05) is 91.2 Å². The van der Waals surface area contributed by atoms with Gasteiger partial charge in [0.15, 0.2) is 16.8 Å². The molecule has 2 amide bonds. The highest BCUT2D eigenvalue weighted by Crippen LogP contribution is 2.32. The third-order valence-electron chi connectivity index (χ3n) is 11.6. The van der Waals surface area contributed by atoms with Gasteiger partial charge in [-0.1, -0.05) is 109 Å². The van der Waals surface area contributed by atoms with Gasteiger partial charge in [-0.3, -0.25) is 19.6 Å². The summed E-state index contributed by atoms with van der Waals surface area (Å²) in [4.78, 5) is 42.7. The highest BCUT2D eigenvalue weighted by molar-refractivity contribution is 6.58. The van der Waals surface area contributed by atoms with Gasteiger partial charge < -0.3 is 29.6 Å². The van der Waals surface area contributed by atoms with Gasteiger partial charge in [0.2, 0.25) is 0 Å². The average molecular weight is 899 g/mol. The number of anilines is 2. The van der Waals surface area contributed by atoms with Gasteiger partial charge in [-0.2, -0.15) is 0 Å². The van der Waals surface area contributed by atoms with Gasteiger partial charge in [0.25, 0.3) is 11.8 Å². The zero-order valence-corrected chi connectivity index (χ0v) is 37.3. The molecule has 2 saturated heterocycles. The lowest BCUT2D eigenvalue weighted by Crippen LogP contribution is -2.54. The van der Waals surface area contributed by atoms with Crippen LogP contribution in [0.3, 0.4) is 0 Å². The fourth-order valence-electron chi connectivity index (χ4n) is 8.20. The van der Waals surface area contributed by atoms with Crippen LogP contribution < -0.4 is 15.3 Å². The predicted molar refractivity (Wildman–Crippen MR) is 260 cm³/mol. The van der Waals surface area contributed by atoms with Gasteiger partial charge in [-0.25, -0.2) is 0 Å². The molecule has 0 bridgehead atoms. The molecule has 332 valence electrons. The number of fused-ring (bicyclic) bond motifs is 2. The summed E-state index contributed by atoms with van der Waals surface area (Å²) >= 11 is 6.13. The van der Waals surface area contributed by atoms with Crippen LogP contribution in [0.15, 0.2) is 158 Å². The number of benzene rings is 4. The van der Waals surface area contributed by atoms with Gasteiger partial charge in [-0.05, 0) is 67.8 Å². The number of carbonyl (C=O) groups excluding carboxylic acids is 2. The van der Waals surface area contributed by atoms with Crippen molar-refractivity contribution in [2.24, 2.45) is 0 Å². The molecule has 2 aliphatic rings. The number of pyridine rings is 2. The first kappa shape index (κ1) is 45.3. The molecule has 66 heavy (non-hydrogen) atoms. The Morgan fingerprint density at radius 3 is 1.45 bits per heavy atom. The molecule has 4 aromatic heterocycles. The van der Waals surface area contributed by atoms with E-state index < -0.39 is 7.12 Å². The molecule has 10 rings (SSSR count). The van der Waals surface area contributed by atoms with Crippen molar-refractivity contribution >= 4 is 69.4 Å². The van der Waals surface area contributed by atoms with Crippen LogP contribution in [0.1, 0.15) is 34.6 Å². The summed E-state index contributed by atoms with van der Waals surface area (Å²) in [6.07, 6.45) is 3.49. The molecule has 2 atom stereocenters. The van der Waals surface area contributed by atoms with E-state index in [2.05, 4.69) is 54.0 Å². The number of piperazine rings is 2. The van der Waals surface area contributed by atoms with Crippen molar-refractivity contribution in [3.05, 3.63) is 174 Å². The maximum Gasteiger partial charge on any atom is 0.488 e. The Labute approximate surface area is 388 Å². The summed E-state index contributed by atoms with van der Waals surface area (Å²) in [6.45, 7) is 8.12.